The van der Waals surface area contributed by atoms with Gasteiger partial charge in [0, 0.05) is 5.41 Å². The summed E-state index contributed by atoms with van der Waals surface area (Å²) in [6.07, 6.45) is 1.19. The fraction of sp³-hybridized carbons (Fsp3) is 1.00. The average Bonchev–Trinajstić information content (AvgIpc) is 2.65. The maximum atomic E-state index is 12.5. The third-order valence-electron chi connectivity index (χ3n) is 2.92. The van der Waals surface area contributed by atoms with Gasteiger partial charge in [-0.1, -0.05) is 26.7 Å². The minimum Gasteiger partial charge on any atom is -0.210 e. The molecule has 66 valence electrons. The van der Waals surface area contributed by atoms with Crippen molar-refractivity contribution >= 4 is 0 Å². The number of alkyl halides is 2. The molecule has 1 aliphatic rings. The standard InChI is InChI=1S/C9H16F2/c1-3-5-9(8(10)11)6-7(9)4-2/h7-8H,3-6H2,1-2H3. The Labute approximate surface area is 67.0 Å². The van der Waals surface area contributed by atoms with Gasteiger partial charge in [0.2, 0.25) is 6.43 Å². The molecular formula is C9H16F2. The molecule has 11 heavy (non-hydrogen) atoms. The van der Waals surface area contributed by atoms with Gasteiger partial charge in [-0.2, -0.15) is 0 Å². The Morgan fingerprint density at radius 2 is 2.09 bits per heavy atom. The quantitative estimate of drug-likeness (QED) is 0.593. The van der Waals surface area contributed by atoms with E-state index in [2.05, 4.69) is 0 Å². The maximum absolute atomic E-state index is 12.5. The molecule has 0 heterocycles. The van der Waals surface area contributed by atoms with Crippen LogP contribution in [0.15, 0.2) is 0 Å². The Kier molecular flexibility index (Phi) is 2.50. The summed E-state index contributed by atoms with van der Waals surface area (Å²) in [7, 11) is 0. The van der Waals surface area contributed by atoms with Crippen molar-refractivity contribution in [2.45, 2.75) is 46.0 Å². The lowest BCUT2D eigenvalue weighted by Gasteiger charge is -2.14. The van der Waals surface area contributed by atoms with Gasteiger partial charge in [0.1, 0.15) is 0 Å². The summed E-state index contributed by atoms with van der Waals surface area (Å²) in [4.78, 5) is 0. The van der Waals surface area contributed by atoms with Crippen LogP contribution in [0.5, 0.6) is 0 Å². The molecular weight excluding hydrogens is 146 g/mol. The van der Waals surface area contributed by atoms with E-state index in [1.54, 1.807) is 0 Å². The SMILES string of the molecule is CCCC1(C(F)F)CC1CC. The van der Waals surface area contributed by atoms with E-state index in [1.165, 1.54) is 0 Å². The number of hydrogen-bond acceptors (Lipinski definition) is 0. The Bertz CT molecular complexity index is 134. The summed E-state index contributed by atoms with van der Waals surface area (Å²) in [6, 6.07) is 0. The third-order valence-corrected chi connectivity index (χ3v) is 2.92. The molecule has 0 aromatic rings. The van der Waals surface area contributed by atoms with E-state index < -0.39 is 11.8 Å². The highest BCUT2D eigenvalue weighted by molar-refractivity contribution is 5.02. The number of hydrogen-bond donors (Lipinski definition) is 0. The highest BCUT2D eigenvalue weighted by Gasteiger charge is 2.58. The molecule has 0 aromatic heterocycles. The molecule has 1 saturated carbocycles. The first-order chi connectivity index (χ1) is 5.17. The molecule has 1 fully saturated rings. The topological polar surface area (TPSA) is 0 Å². The fourth-order valence-corrected chi connectivity index (χ4v) is 2.10. The zero-order valence-electron chi connectivity index (χ0n) is 7.24. The van der Waals surface area contributed by atoms with E-state index in [0.717, 1.165) is 19.3 Å². The van der Waals surface area contributed by atoms with Gasteiger partial charge in [-0.15, -0.1) is 0 Å². The van der Waals surface area contributed by atoms with Gasteiger partial charge in [-0.05, 0) is 18.8 Å². The van der Waals surface area contributed by atoms with Crippen LogP contribution >= 0.6 is 0 Å². The minimum absolute atomic E-state index is 0.308. The van der Waals surface area contributed by atoms with Gasteiger partial charge in [0.15, 0.2) is 0 Å². The van der Waals surface area contributed by atoms with Gasteiger partial charge in [-0.25, -0.2) is 8.78 Å². The second kappa shape index (κ2) is 3.08. The van der Waals surface area contributed by atoms with E-state index in [0.29, 0.717) is 12.3 Å². The van der Waals surface area contributed by atoms with Gasteiger partial charge in [0.05, 0.1) is 0 Å². The number of halogens is 2. The lowest BCUT2D eigenvalue weighted by atomic mass is 9.97. The van der Waals surface area contributed by atoms with Crippen molar-refractivity contribution in [3.63, 3.8) is 0 Å². The lowest BCUT2D eigenvalue weighted by Crippen LogP contribution is -2.14. The van der Waals surface area contributed by atoms with Gasteiger partial charge < -0.3 is 0 Å². The second-order valence-corrected chi connectivity index (χ2v) is 3.59. The summed E-state index contributed by atoms with van der Waals surface area (Å²) in [6.45, 7) is 3.99. The molecule has 2 atom stereocenters. The van der Waals surface area contributed by atoms with Crippen molar-refractivity contribution < 1.29 is 8.78 Å². The summed E-state index contributed by atoms with van der Waals surface area (Å²) in [5.41, 5.74) is -0.566. The first-order valence-corrected chi connectivity index (χ1v) is 4.45. The molecule has 1 rings (SSSR count). The zero-order chi connectivity index (χ0) is 8.48. The monoisotopic (exact) mass is 162 g/mol. The van der Waals surface area contributed by atoms with Crippen LogP contribution in [0, 0.1) is 11.3 Å². The van der Waals surface area contributed by atoms with Gasteiger partial charge in [0.25, 0.3) is 0 Å². The smallest absolute Gasteiger partial charge is 0.210 e. The Balaban J connectivity index is 2.48. The predicted octanol–water partition coefficient (Wildman–Crippen LogP) is 3.47. The normalized spacial score (nSPS) is 36.3. The van der Waals surface area contributed by atoms with Crippen molar-refractivity contribution in [3.8, 4) is 0 Å². The average molecular weight is 162 g/mol. The third kappa shape index (κ3) is 1.40. The Hall–Kier alpha value is -0.140. The van der Waals surface area contributed by atoms with Crippen LogP contribution in [-0.4, -0.2) is 6.43 Å². The zero-order valence-corrected chi connectivity index (χ0v) is 7.24. The lowest BCUT2D eigenvalue weighted by molar-refractivity contribution is 0.0453. The number of rotatable bonds is 4. The predicted molar refractivity (Wildman–Crippen MR) is 41.7 cm³/mol. The van der Waals surface area contributed by atoms with Crippen LogP contribution in [0.1, 0.15) is 39.5 Å². The van der Waals surface area contributed by atoms with E-state index in [-0.39, 0.29) is 0 Å². The van der Waals surface area contributed by atoms with Crippen molar-refractivity contribution in [3.05, 3.63) is 0 Å². The summed E-state index contributed by atoms with van der Waals surface area (Å²) in [5, 5.41) is 0. The molecule has 0 nitrogen and oxygen atoms in total. The molecule has 0 N–H and O–H groups in total. The molecule has 0 aliphatic heterocycles. The van der Waals surface area contributed by atoms with Crippen LogP contribution in [0.3, 0.4) is 0 Å². The van der Waals surface area contributed by atoms with E-state index in [4.69, 9.17) is 0 Å². The van der Waals surface area contributed by atoms with Crippen LogP contribution < -0.4 is 0 Å². The van der Waals surface area contributed by atoms with Crippen molar-refractivity contribution in [1.82, 2.24) is 0 Å². The Morgan fingerprint density at radius 3 is 2.36 bits per heavy atom. The summed E-state index contributed by atoms with van der Waals surface area (Å²) < 4.78 is 25.0. The molecule has 0 aromatic carbocycles. The maximum Gasteiger partial charge on any atom is 0.244 e. The van der Waals surface area contributed by atoms with Crippen LogP contribution in [0.25, 0.3) is 0 Å². The minimum atomic E-state index is -2.09. The first kappa shape index (κ1) is 8.95. The molecule has 0 spiro atoms. The highest BCUT2D eigenvalue weighted by atomic mass is 19.3. The van der Waals surface area contributed by atoms with Crippen LogP contribution in [-0.2, 0) is 0 Å². The molecule has 0 saturated heterocycles. The molecule has 2 unspecified atom stereocenters. The van der Waals surface area contributed by atoms with Crippen LogP contribution in [0.2, 0.25) is 0 Å². The van der Waals surface area contributed by atoms with E-state index in [1.807, 2.05) is 13.8 Å². The van der Waals surface area contributed by atoms with Crippen molar-refractivity contribution in [1.29, 1.82) is 0 Å². The van der Waals surface area contributed by atoms with Gasteiger partial charge in [-0.3, -0.25) is 0 Å². The largest absolute Gasteiger partial charge is 0.244 e. The van der Waals surface area contributed by atoms with Gasteiger partial charge >= 0.3 is 0 Å². The molecule has 0 amide bonds. The molecule has 1 aliphatic carbocycles. The second-order valence-electron chi connectivity index (χ2n) is 3.59. The first-order valence-electron chi connectivity index (χ1n) is 4.45. The molecule has 0 bridgehead atoms. The molecule has 2 heteroatoms. The van der Waals surface area contributed by atoms with Crippen LogP contribution in [0.4, 0.5) is 8.78 Å². The van der Waals surface area contributed by atoms with E-state index in [9.17, 15) is 8.78 Å². The van der Waals surface area contributed by atoms with Crippen molar-refractivity contribution in [2.24, 2.45) is 11.3 Å². The molecule has 0 radical (unpaired) electrons. The van der Waals surface area contributed by atoms with E-state index >= 15 is 0 Å². The fourth-order valence-electron chi connectivity index (χ4n) is 2.10. The van der Waals surface area contributed by atoms with Crippen molar-refractivity contribution in [2.75, 3.05) is 0 Å². The summed E-state index contributed by atoms with van der Waals surface area (Å²) in [5.74, 6) is 0.308. The summed E-state index contributed by atoms with van der Waals surface area (Å²) >= 11 is 0. The highest BCUT2D eigenvalue weighted by Crippen LogP contribution is 2.61. The Morgan fingerprint density at radius 1 is 1.45 bits per heavy atom.